The Labute approximate surface area is 123 Å². The molecule has 1 aromatic rings. The van der Waals surface area contributed by atoms with Crippen molar-refractivity contribution >= 4 is 15.9 Å². The lowest BCUT2D eigenvalue weighted by atomic mass is 10.0. The van der Waals surface area contributed by atoms with Gasteiger partial charge in [0.15, 0.2) is 4.67 Å². The number of morpholine rings is 1. The molecule has 2 heterocycles. The van der Waals surface area contributed by atoms with Gasteiger partial charge in [-0.1, -0.05) is 13.8 Å². The van der Waals surface area contributed by atoms with Gasteiger partial charge in [-0.2, -0.15) is 0 Å². The fourth-order valence-corrected chi connectivity index (χ4v) is 2.83. The van der Waals surface area contributed by atoms with Crippen LogP contribution < -0.4 is 5.32 Å². The van der Waals surface area contributed by atoms with E-state index in [2.05, 4.69) is 40.0 Å². The van der Waals surface area contributed by atoms with E-state index in [1.807, 2.05) is 12.1 Å². The van der Waals surface area contributed by atoms with Gasteiger partial charge in [-0.25, -0.2) is 0 Å². The molecule has 1 unspecified atom stereocenters. The van der Waals surface area contributed by atoms with Gasteiger partial charge in [0, 0.05) is 25.7 Å². The standard InChI is InChI=1S/C14H23BrN2O2/c1-11(2)13(17-5-7-18-8-6-17)10-16-9-12-3-4-14(15)19-12/h3-4,11,13,16H,5-10H2,1-2H3. The van der Waals surface area contributed by atoms with E-state index in [0.717, 1.165) is 49.8 Å². The highest BCUT2D eigenvalue weighted by atomic mass is 79.9. The third-order valence-corrected chi connectivity index (χ3v) is 3.99. The molecular weight excluding hydrogens is 308 g/mol. The Balaban J connectivity index is 1.79. The average molecular weight is 331 g/mol. The highest BCUT2D eigenvalue weighted by Crippen LogP contribution is 2.15. The second kappa shape index (κ2) is 7.43. The molecule has 1 aliphatic heterocycles. The first-order valence-corrected chi connectivity index (χ1v) is 7.73. The molecule has 0 saturated carbocycles. The summed E-state index contributed by atoms with van der Waals surface area (Å²) in [5.41, 5.74) is 0. The molecular formula is C14H23BrN2O2. The van der Waals surface area contributed by atoms with E-state index in [0.29, 0.717) is 12.0 Å². The van der Waals surface area contributed by atoms with Gasteiger partial charge in [0.25, 0.3) is 0 Å². The quantitative estimate of drug-likeness (QED) is 0.869. The number of nitrogens with one attached hydrogen (secondary N) is 1. The Morgan fingerprint density at radius 3 is 2.63 bits per heavy atom. The minimum Gasteiger partial charge on any atom is -0.453 e. The van der Waals surface area contributed by atoms with Crippen molar-refractivity contribution in [3.05, 3.63) is 22.6 Å². The van der Waals surface area contributed by atoms with Crippen LogP contribution in [0.3, 0.4) is 0 Å². The maximum Gasteiger partial charge on any atom is 0.169 e. The van der Waals surface area contributed by atoms with Gasteiger partial charge in [0.2, 0.25) is 0 Å². The first-order chi connectivity index (χ1) is 9.16. The molecule has 5 heteroatoms. The topological polar surface area (TPSA) is 37.6 Å². The fraction of sp³-hybridized carbons (Fsp3) is 0.714. The number of hydrogen-bond donors (Lipinski definition) is 1. The summed E-state index contributed by atoms with van der Waals surface area (Å²) in [6.07, 6.45) is 0. The Bertz CT molecular complexity index is 375. The van der Waals surface area contributed by atoms with E-state index < -0.39 is 0 Å². The summed E-state index contributed by atoms with van der Waals surface area (Å²) in [6, 6.07) is 4.48. The molecule has 2 rings (SSSR count). The van der Waals surface area contributed by atoms with Crippen LogP contribution in [0.5, 0.6) is 0 Å². The number of furan rings is 1. The van der Waals surface area contributed by atoms with E-state index in [1.165, 1.54) is 0 Å². The van der Waals surface area contributed by atoms with Gasteiger partial charge < -0.3 is 14.5 Å². The Morgan fingerprint density at radius 2 is 2.05 bits per heavy atom. The zero-order valence-corrected chi connectivity index (χ0v) is 13.3. The van der Waals surface area contributed by atoms with E-state index >= 15 is 0 Å². The van der Waals surface area contributed by atoms with Crippen LogP contribution in [0.25, 0.3) is 0 Å². The minimum absolute atomic E-state index is 0.558. The van der Waals surface area contributed by atoms with E-state index in [4.69, 9.17) is 9.15 Å². The third kappa shape index (κ3) is 4.60. The summed E-state index contributed by atoms with van der Waals surface area (Å²) in [5.74, 6) is 1.60. The summed E-state index contributed by atoms with van der Waals surface area (Å²) in [6.45, 7) is 10.1. The molecule has 1 atom stereocenters. The van der Waals surface area contributed by atoms with E-state index in [-0.39, 0.29) is 0 Å². The molecule has 1 saturated heterocycles. The molecule has 19 heavy (non-hydrogen) atoms. The molecule has 0 bridgehead atoms. The summed E-state index contributed by atoms with van der Waals surface area (Å²) < 4.78 is 11.7. The first-order valence-electron chi connectivity index (χ1n) is 6.93. The fourth-order valence-electron chi connectivity index (χ4n) is 2.49. The second-order valence-electron chi connectivity index (χ2n) is 5.30. The van der Waals surface area contributed by atoms with Crippen LogP contribution in [-0.4, -0.2) is 43.8 Å². The van der Waals surface area contributed by atoms with Crippen molar-refractivity contribution in [3.8, 4) is 0 Å². The Kier molecular flexibility index (Phi) is 5.88. The van der Waals surface area contributed by atoms with Crippen LogP contribution in [0.1, 0.15) is 19.6 Å². The highest BCUT2D eigenvalue weighted by molar-refractivity contribution is 9.10. The zero-order chi connectivity index (χ0) is 13.7. The van der Waals surface area contributed by atoms with Crippen molar-refractivity contribution in [1.29, 1.82) is 0 Å². The molecule has 0 aliphatic carbocycles. The largest absolute Gasteiger partial charge is 0.453 e. The van der Waals surface area contributed by atoms with Gasteiger partial charge in [-0.15, -0.1) is 0 Å². The molecule has 0 aromatic carbocycles. The van der Waals surface area contributed by atoms with Crippen LogP contribution >= 0.6 is 15.9 Å². The van der Waals surface area contributed by atoms with Crippen molar-refractivity contribution in [2.45, 2.75) is 26.4 Å². The van der Waals surface area contributed by atoms with Crippen LogP contribution in [0.4, 0.5) is 0 Å². The molecule has 0 radical (unpaired) electrons. The van der Waals surface area contributed by atoms with E-state index in [1.54, 1.807) is 0 Å². The van der Waals surface area contributed by atoms with Crippen LogP contribution in [0.15, 0.2) is 21.2 Å². The van der Waals surface area contributed by atoms with Gasteiger partial charge in [0.1, 0.15) is 5.76 Å². The maximum absolute atomic E-state index is 5.49. The number of hydrogen-bond acceptors (Lipinski definition) is 4. The monoisotopic (exact) mass is 330 g/mol. The molecule has 0 spiro atoms. The Hall–Kier alpha value is -0.360. The average Bonchev–Trinajstić information content (AvgIpc) is 2.81. The molecule has 1 aromatic heterocycles. The number of ether oxygens (including phenoxy) is 1. The minimum atomic E-state index is 0.558. The summed E-state index contributed by atoms with van der Waals surface area (Å²) in [5, 5.41) is 3.50. The third-order valence-electron chi connectivity index (χ3n) is 3.57. The Morgan fingerprint density at radius 1 is 1.32 bits per heavy atom. The van der Waals surface area contributed by atoms with Crippen LogP contribution in [0, 0.1) is 5.92 Å². The summed E-state index contributed by atoms with van der Waals surface area (Å²) in [4.78, 5) is 2.53. The van der Waals surface area contributed by atoms with Crippen molar-refractivity contribution in [1.82, 2.24) is 10.2 Å². The van der Waals surface area contributed by atoms with Gasteiger partial charge in [0.05, 0.1) is 19.8 Å². The number of nitrogens with zero attached hydrogens (tertiary/aromatic N) is 1. The lowest BCUT2D eigenvalue weighted by Gasteiger charge is -2.37. The number of halogens is 1. The van der Waals surface area contributed by atoms with Crippen molar-refractivity contribution in [3.63, 3.8) is 0 Å². The van der Waals surface area contributed by atoms with Gasteiger partial charge in [-0.3, -0.25) is 4.90 Å². The van der Waals surface area contributed by atoms with Crippen LogP contribution in [0.2, 0.25) is 0 Å². The molecule has 1 fully saturated rings. The van der Waals surface area contributed by atoms with Crippen molar-refractivity contribution < 1.29 is 9.15 Å². The molecule has 1 N–H and O–H groups in total. The molecule has 0 amide bonds. The molecule has 4 nitrogen and oxygen atoms in total. The van der Waals surface area contributed by atoms with Gasteiger partial charge >= 0.3 is 0 Å². The smallest absolute Gasteiger partial charge is 0.169 e. The predicted molar refractivity (Wildman–Crippen MR) is 79.1 cm³/mol. The lowest BCUT2D eigenvalue weighted by molar-refractivity contribution is 0.00639. The maximum atomic E-state index is 5.49. The second-order valence-corrected chi connectivity index (χ2v) is 6.08. The molecule has 1 aliphatic rings. The zero-order valence-electron chi connectivity index (χ0n) is 11.7. The van der Waals surface area contributed by atoms with Crippen molar-refractivity contribution in [2.75, 3.05) is 32.8 Å². The van der Waals surface area contributed by atoms with Crippen molar-refractivity contribution in [2.24, 2.45) is 5.92 Å². The number of rotatable bonds is 6. The summed E-state index contributed by atoms with van der Waals surface area (Å²) in [7, 11) is 0. The molecule has 108 valence electrons. The van der Waals surface area contributed by atoms with Crippen LogP contribution in [-0.2, 0) is 11.3 Å². The van der Waals surface area contributed by atoms with E-state index in [9.17, 15) is 0 Å². The highest BCUT2D eigenvalue weighted by Gasteiger charge is 2.23. The normalized spacial score (nSPS) is 18.9. The summed E-state index contributed by atoms with van der Waals surface area (Å²) >= 11 is 3.32. The SMILES string of the molecule is CC(C)C(CNCc1ccc(Br)o1)N1CCOCC1. The predicted octanol–water partition coefficient (Wildman–Crippen LogP) is 2.49. The van der Waals surface area contributed by atoms with Gasteiger partial charge in [-0.05, 0) is 34.0 Å². The first kappa shape index (κ1) is 15.0. The lowest BCUT2D eigenvalue weighted by Crippen LogP contribution is -2.50.